The van der Waals surface area contributed by atoms with E-state index in [0.717, 1.165) is 12.0 Å². The molecular formula is C29H29N3O5. The van der Waals surface area contributed by atoms with Gasteiger partial charge < -0.3 is 24.6 Å². The first kappa shape index (κ1) is 24.4. The van der Waals surface area contributed by atoms with Crippen LogP contribution in [0.2, 0.25) is 0 Å². The molecule has 3 amide bonds. The Hall–Kier alpha value is -4.33. The number of amides is 3. The third-order valence-corrected chi connectivity index (χ3v) is 7.01. The fraction of sp³-hybridized carbons (Fsp3) is 0.276. The van der Waals surface area contributed by atoms with E-state index >= 15 is 0 Å². The second-order valence-corrected chi connectivity index (χ2v) is 9.12. The molecule has 8 nitrogen and oxygen atoms in total. The molecule has 3 aromatic carbocycles. The minimum absolute atomic E-state index is 0.117. The number of benzene rings is 3. The minimum Gasteiger partial charge on any atom is -0.497 e. The van der Waals surface area contributed by atoms with E-state index in [-0.39, 0.29) is 30.8 Å². The summed E-state index contributed by atoms with van der Waals surface area (Å²) < 4.78 is 10.7. The molecule has 0 aliphatic carbocycles. The van der Waals surface area contributed by atoms with E-state index in [1.807, 2.05) is 36.4 Å². The highest BCUT2D eigenvalue weighted by molar-refractivity contribution is 6.11. The molecule has 0 spiro atoms. The zero-order valence-electron chi connectivity index (χ0n) is 20.9. The lowest BCUT2D eigenvalue weighted by atomic mass is 10.0. The predicted octanol–water partition coefficient (Wildman–Crippen LogP) is 3.79. The Morgan fingerprint density at radius 1 is 0.973 bits per heavy atom. The van der Waals surface area contributed by atoms with Gasteiger partial charge in [0.25, 0.3) is 11.8 Å². The summed E-state index contributed by atoms with van der Waals surface area (Å²) in [6.07, 6.45) is 1.44. The molecule has 37 heavy (non-hydrogen) atoms. The molecule has 2 aliphatic rings. The average Bonchev–Trinajstić information content (AvgIpc) is 3.41. The largest absolute Gasteiger partial charge is 0.497 e. The lowest BCUT2D eigenvalue weighted by Crippen LogP contribution is -2.44. The number of hydrogen-bond acceptors (Lipinski definition) is 5. The lowest BCUT2D eigenvalue weighted by molar-refractivity contribution is -0.122. The van der Waals surface area contributed by atoms with Gasteiger partial charge in [0.15, 0.2) is 0 Å². The predicted molar refractivity (Wildman–Crippen MR) is 139 cm³/mol. The molecule has 0 unspecified atom stereocenters. The molecule has 8 heteroatoms. The number of ether oxygens (including phenoxy) is 2. The number of methoxy groups -OCH3 is 2. The summed E-state index contributed by atoms with van der Waals surface area (Å²) in [5, 5.41) is 2.97. The van der Waals surface area contributed by atoms with Crippen LogP contribution in [-0.2, 0) is 17.9 Å². The quantitative estimate of drug-likeness (QED) is 0.535. The highest BCUT2D eigenvalue weighted by atomic mass is 16.5. The maximum absolute atomic E-state index is 13.7. The molecule has 5 rings (SSSR count). The number of hydrogen-bond donors (Lipinski definition) is 1. The van der Waals surface area contributed by atoms with Gasteiger partial charge in [0.1, 0.15) is 17.5 Å². The molecule has 0 radical (unpaired) electrons. The Labute approximate surface area is 215 Å². The zero-order valence-corrected chi connectivity index (χ0v) is 20.9. The summed E-state index contributed by atoms with van der Waals surface area (Å²) in [7, 11) is 3.16. The standard InChI is InChI=1S/C29H29N3O5/c1-36-21-14-13-19(26(16-21)37-2)17-30-27(33)22-9-4-3-8-20(22)18-32-24-11-6-5-10-23(24)28(34)31-15-7-12-25(31)29(32)35/h3-6,8-11,13-14,16,25H,7,12,15,17-18H2,1-2H3,(H,30,33)/t25-/m1/s1. The van der Waals surface area contributed by atoms with Crippen molar-refractivity contribution in [3.8, 4) is 11.5 Å². The van der Waals surface area contributed by atoms with Gasteiger partial charge in [-0.15, -0.1) is 0 Å². The van der Waals surface area contributed by atoms with Crippen LogP contribution in [0.5, 0.6) is 11.5 Å². The number of carbonyl (C=O) groups excluding carboxylic acids is 3. The van der Waals surface area contributed by atoms with Gasteiger partial charge in [-0.05, 0) is 48.7 Å². The van der Waals surface area contributed by atoms with Gasteiger partial charge in [0, 0.05) is 30.3 Å². The molecule has 0 bridgehead atoms. The van der Waals surface area contributed by atoms with E-state index in [1.54, 1.807) is 54.4 Å². The van der Waals surface area contributed by atoms with Gasteiger partial charge in [0.05, 0.1) is 32.0 Å². The topological polar surface area (TPSA) is 88.2 Å². The van der Waals surface area contributed by atoms with Crippen LogP contribution in [0.4, 0.5) is 5.69 Å². The van der Waals surface area contributed by atoms with E-state index in [4.69, 9.17) is 9.47 Å². The number of para-hydroxylation sites is 1. The third-order valence-electron chi connectivity index (χ3n) is 7.01. The molecule has 2 aliphatic heterocycles. The van der Waals surface area contributed by atoms with Crippen molar-refractivity contribution in [2.45, 2.75) is 32.0 Å². The first-order valence-electron chi connectivity index (χ1n) is 12.3. The summed E-state index contributed by atoms with van der Waals surface area (Å²) in [6, 6.07) is 19.4. The van der Waals surface area contributed by atoms with E-state index in [1.165, 1.54) is 0 Å². The van der Waals surface area contributed by atoms with Crippen LogP contribution in [0.3, 0.4) is 0 Å². The summed E-state index contributed by atoms with van der Waals surface area (Å²) in [6.45, 7) is 1.02. The van der Waals surface area contributed by atoms with Crippen molar-refractivity contribution in [3.63, 3.8) is 0 Å². The number of carbonyl (C=O) groups is 3. The van der Waals surface area contributed by atoms with E-state index in [2.05, 4.69) is 5.32 Å². The third kappa shape index (κ3) is 4.62. The first-order chi connectivity index (χ1) is 18.0. The SMILES string of the molecule is COc1ccc(CNC(=O)c2ccccc2CN2C(=O)[C@H]3CCCN3C(=O)c3ccccc32)c(OC)c1. The molecule has 190 valence electrons. The molecule has 1 N–H and O–H groups in total. The fourth-order valence-corrected chi connectivity index (χ4v) is 5.09. The maximum atomic E-state index is 13.7. The summed E-state index contributed by atoms with van der Waals surface area (Å²) in [5.41, 5.74) is 3.06. The number of nitrogens with zero attached hydrogens (tertiary/aromatic N) is 2. The first-order valence-corrected chi connectivity index (χ1v) is 12.3. The van der Waals surface area contributed by atoms with E-state index in [9.17, 15) is 14.4 Å². The molecule has 1 saturated heterocycles. The van der Waals surface area contributed by atoms with Crippen molar-refractivity contribution in [3.05, 3.63) is 89.0 Å². The molecule has 2 heterocycles. The summed E-state index contributed by atoms with van der Waals surface area (Å²) >= 11 is 0. The number of nitrogens with one attached hydrogen (secondary N) is 1. The lowest BCUT2D eigenvalue weighted by Gasteiger charge is -2.26. The number of fused-ring (bicyclic) bond motifs is 2. The Bertz CT molecular complexity index is 1350. The van der Waals surface area contributed by atoms with Crippen molar-refractivity contribution in [1.82, 2.24) is 10.2 Å². The Morgan fingerprint density at radius 3 is 2.57 bits per heavy atom. The second kappa shape index (κ2) is 10.3. The molecule has 3 aromatic rings. The molecule has 0 aromatic heterocycles. The van der Waals surface area contributed by atoms with Crippen LogP contribution in [0.15, 0.2) is 66.7 Å². The molecule has 0 saturated carbocycles. The van der Waals surface area contributed by atoms with Gasteiger partial charge >= 0.3 is 0 Å². The smallest absolute Gasteiger partial charge is 0.256 e. The second-order valence-electron chi connectivity index (χ2n) is 9.12. The summed E-state index contributed by atoms with van der Waals surface area (Å²) in [5.74, 6) is 0.787. The minimum atomic E-state index is -0.483. The van der Waals surface area contributed by atoms with Crippen LogP contribution < -0.4 is 19.7 Å². The zero-order chi connectivity index (χ0) is 25.9. The monoisotopic (exact) mass is 499 g/mol. The van der Waals surface area contributed by atoms with Crippen LogP contribution in [0, 0.1) is 0 Å². The Morgan fingerprint density at radius 2 is 1.76 bits per heavy atom. The van der Waals surface area contributed by atoms with Crippen molar-refractivity contribution in [1.29, 1.82) is 0 Å². The molecule has 1 atom stereocenters. The van der Waals surface area contributed by atoms with Gasteiger partial charge in [-0.25, -0.2) is 0 Å². The summed E-state index contributed by atoms with van der Waals surface area (Å²) in [4.78, 5) is 43.5. The molecule has 1 fully saturated rings. The van der Waals surface area contributed by atoms with Crippen LogP contribution in [0.1, 0.15) is 44.7 Å². The van der Waals surface area contributed by atoms with Crippen LogP contribution >= 0.6 is 0 Å². The van der Waals surface area contributed by atoms with Crippen LogP contribution in [-0.4, -0.2) is 49.4 Å². The van der Waals surface area contributed by atoms with Crippen molar-refractivity contribution in [2.24, 2.45) is 0 Å². The fourth-order valence-electron chi connectivity index (χ4n) is 5.09. The van der Waals surface area contributed by atoms with Crippen molar-refractivity contribution < 1.29 is 23.9 Å². The number of anilines is 1. The van der Waals surface area contributed by atoms with Gasteiger partial charge in [0.2, 0.25) is 5.91 Å². The molecular weight excluding hydrogens is 470 g/mol. The van der Waals surface area contributed by atoms with E-state index in [0.29, 0.717) is 46.8 Å². The highest BCUT2D eigenvalue weighted by Crippen LogP contribution is 2.33. The average molecular weight is 500 g/mol. The van der Waals surface area contributed by atoms with Crippen molar-refractivity contribution >= 4 is 23.4 Å². The van der Waals surface area contributed by atoms with Crippen LogP contribution in [0.25, 0.3) is 0 Å². The highest BCUT2D eigenvalue weighted by Gasteiger charge is 2.42. The van der Waals surface area contributed by atoms with E-state index < -0.39 is 6.04 Å². The Kier molecular flexibility index (Phi) is 6.81. The maximum Gasteiger partial charge on any atom is 0.256 e. The van der Waals surface area contributed by atoms with Gasteiger partial charge in [-0.1, -0.05) is 30.3 Å². The normalized spacial score (nSPS) is 16.6. The van der Waals surface area contributed by atoms with Gasteiger partial charge in [-0.3, -0.25) is 14.4 Å². The van der Waals surface area contributed by atoms with Crippen molar-refractivity contribution in [2.75, 3.05) is 25.7 Å². The Balaban J connectivity index is 1.41. The van der Waals surface area contributed by atoms with Gasteiger partial charge in [-0.2, -0.15) is 0 Å². The number of rotatable bonds is 7.